The molecule has 0 radical (unpaired) electrons. The van der Waals surface area contributed by atoms with Gasteiger partial charge in [0.05, 0.1) is 11.5 Å². The summed E-state index contributed by atoms with van der Waals surface area (Å²) in [6.07, 6.45) is 0. The van der Waals surface area contributed by atoms with Crippen molar-refractivity contribution in [2.45, 2.75) is 13.0 Å². The number of non-ortho nitro benzene ring substituents is 1. The molecular formula is C12H14N2O5S. The van der Waals surface area contributed by atoms with Gasteiger partial charge >= 0.3 is 5.97 Å². The van der Waals surface area contributed by atoms with Crippen molar-refractivity contribution in [1.82, 2.24) is 0 Å². The van der Waals surface area contributed by atoms with Crippen LogP contribution in [0.1, 0.15) is 17.3 Å². The lowest BCUT2D eigenvalue weighted by Crippen LogP contribution is -2.35. The Hall–Kier alpha value is -1.93. The number of rotatable bonds is 6. The smallest absolute Gasteiger partial charge is 0.323 e. The molecule has 0 fully saturated rings. The lowest BCUT2D eigenvalue weighted by molar-refractivity contribution is -0.384. The number of hydrogen-bond acceptors (Lipinski definition) is 7. The van der Waals surface area contributed by atoms with E-state index in [2.05, 4.69) is 0 Å². The van der Waals surface area contributed by atoms with Crippen molar-refractivity contribution in [3.05, 3.63) is 39.9 Å². The maximum Gasteiger partial charge on any atom is 0.323 e. The van der Waals surface area contributed by atoms with Crippen molar-refractivity contribution < 1.29 is 19.2 Å². The van der Waals surface area contributed by atoms with Crippen LogP contribution in [0.15, 0.2) is 24.3 Å². The van der Waals surface area contributed by atoms with E-state index in [1.807, 2.05) is 0 Å². The van der Waals surface area contributed by atoms with Crippen molar-refractivity contribution in [3.63, 3.8) is 0 Å². The summed E-state index contributed by atoms with van der Waals surface area (Å²) in [6, 6.07) is 4.35. The Morgan fingerprint density at radius 1 is 1.40 bits per heavy atom. The molecule has 0 heterocycles. The van der Waals surface area contributed by atoms with Gasteiger partial charge in [0.15, 0.2) is 0 Å². The molecule has 108 valence electrons. The first kappa shape index (κ1) is 16.1. The van der Waals surface area contributed by atoms with E-state index in [1.165, 1.54) is 24.3 Å². The zero-order valence-electron chi connectivity index (χ0n) is 10.8. The Morgan fingerprint density at radius 3 is 2.50 bits per heavy atom. The third kappa shape index (κ3) is 4.63. The molecule has 0 unspecified atom stereocenters. The number of thioether (sulfide) groups is 1. The van der Waals surface area contributed by atoms with Crippen molar-refractivity contribution in [2.24, 2.45) is 5.73 Å². The Balaban J connectivity index is 2.54. The monoisotopic (exact) mass is 298 g/mol. The Kier molecular flexibility index (Phi) is 6.13. The fourth-order valence-corrected chi connectivity index (χ4v) is 2.06. The first-order valence-corrected chi connectivity index (χ1v) is 6.78. The predicted molar refractivity (Wildman–Crippen MR) is 74.5 cm³/mol. The van der Waals surface area contributed by atoms with Crippen LogP contribution < -0.4 is 5.73 Å². The zero-order chi connectivity index (χ0) is 15.1. The van der Waals surface area contributed by atoms with Gasteiger partial charge in [-0.05, 0) is 19.1 Å². The topological polar surface area (TPSA) is 113 Å². The van der Waals surface area contributed by atoms with Gasteiger partial charge < -0.3 is 10.5 Å². The molecule has 0 saturated heterocycles. The Morgan fingerprint density at radius 2 is 2.00 bits per heavy atom. The zero-order valence-corrected chi connectivity index (χ0v) is 11.6. The van der Waals surface area contributed by atoms with Crippen LogP contribution in [0.25, 0.3) is 0 Å². The number of nitro groups is 1. The van der Waals surface area contributed by atoms with E-state index in [9.17, 15) is 19.7 Å². The van der Waals surface area contributed by atoms with Gasteiger partial charge in [0.1, 0.15) is 6.04 Å². The first-order valence-electron chi connectivity index (χ1n) is 5.79. The number of nitro benzene ring substituents is 1. The molecule has 0 bridgehead atoms. The van der Waals surface area contributed by atoms with Crippen molar-refractivity contribution in [1.29, 1.82) is 0 Å². The number of benzene rings is 1. The lowest BCUT2D eigenvalue weighted by Gasteiger charge is -2.09. The van der Waals surface area contributed by atoms with Gasteiger partial charge in [-0.2, -0.15) is 0 Å². The largest absolute Gasteiger partial charge is 0.465 e. The number of nitrogens with two attached hydrogens (primary N) is 1. The summed E-state index contributed by atoms with van der Waals surface area (Å²) in [6.45, 7) is 1.90. The lowest BCUT2D eigenvalue weighted by atomic mass is 10.2. The van der Waals surface area contributed by atoms with Gasteiger partial charge in [-0.3, -0.25) is 19.7 Å². The molecule has 1 aromatic rings. The van der Waals surface area contributed by atoms with Gasteiger partial charge in [-0.15, -0.1) is 0 Å². The molecule has 0 saturated carbocycles. The molecule has 20 heavy (non-hydrogen) atoms. The number of carbonyl (C=O) groups excluding carboxylic acids is 2. The van der Waals surface area contributed by atoms with Gasteiger partial charge in [-0.25, -0.2) is 0 Å². The molecule has 1 aromatic carbocycles. The number of carbonyl (C=O) groups is 2. The minimum Gasteiger partial charge on any atom is -0.465 e. The van der Waals surface area contributed by atoms with Gasteiger partial charge in [-0.1, -0.05) is 11.8 Å². The second-order valence-corrected chi connectivity index (χ2v) is 4.75. The van der Waals surface area contributed by atoms with E-state index in [1.54, 1.807) is 6.92 Å². The molecule has 0 aliphatic rings. The fraction of sp³-hybridized carbons (Fsp3) is 0.333. The normalized spacial score (nSPS) is 11.7. The van der Waals surface area contributed by atoms with E-state index in [-0.39, 0.29) is 23.2 Å². The number of nitrogens with zero attached hydrogens (tertiary/aromatic N) is 1. The maximum atomic E-state index is 11.8. The van der Waals surface area contributed by atoms with E-state index in [0.717, 1.165) is 11.8 Å². The van der Waals surface area contributed by atoms with Crippen LogP contribution in [0.5, 0.6) is 0 Å². The third-order valence-electron chi connectivity index (χ3n) is 2.30. The SMILES string of the molecule is CCOC(=O)[C@@H](N)CSC(=O)c1ccc([N+](=O)[O-])cc1. The molecule has 1 rings (SSSR count). The van der Waals surface area contributed by atoms with Crippen LogP contribution >= 0.6 is 11.8 Å². The van der Waals surface area contributed by atoms with Crippen molar-refractivity contribution in [2.75, 3.05) is 12.4 Å². The van der Waals surface area contributed by atoms with Crippen LogP contribution in [0, 0.1) is 10.1 Å². The minimum atomic E-state index is -0.873. The van der Waals surface area contributed by atoms with Crippen LogP contribution in [0.4, 0.5) is 5.69 Å². The predicted octanol–water partition coefficient (Wildman–Crippen LogP) is 1.36. The van der Waals surface area contributed by atoms with E-state index in [0.29, 0.717) is 5.56 Å². The summed E-state index contributed by atoms with van der Waals surface area (Å²) in [5.74, 6) is -0.467. The molecule has 0 aromatic heterocycles. The van der Waals surface area contributed by atoms with Crippen molar-refractivity contribution >= 4 is 28.5 Å². The van der Waals surface area contributed by atoms with Gasteiger partial charge in [0.2, 0.25) is 5.12 Å². The summed E-state index contributed by atoms with van der Waals surface area (Å²) >= 11 is 0.871. The highest BCUT2D eigenvalue weighted by atomic mass is 32.2. The summed E-state index contributed by atoms with van der Waals surface area (Å²) in [5, 5.41) is 10.2. The molecule has 0 amide bonds. The summed E-state index contributed by atoms with van der Waals surface area (Å²) in [7, 11) is 0. The number of esters is 1. The quantitative estimate of drug-likeness (QED) is 0.479. The first-order chi connectivity index (χ1) is 9.45. The highest BCUT2D eigenvalue weighted by molar-refractivity contribution is 8.14. The van der Waals surface area contributed by atoms with Gasteiger partial charge in [0.25, 0.3) is 5.69 Å². The Bertz CT molecular complexity index is 503. The standard InChI is InChI=1S/C12H14N2O5S/c1-2-19-11(15)10(13)7-20-12(16)8-3-5-9(6-4-8)14(17)18/h3-6,10H,2,7,13H2,1H3/t10-/m0/s1. The molecule has 7 nitrogen and oxygen atoms in total. The molecule has 2 N–H and O–H groups in total. The minimum absolute atomic E-state index is 0.0882. The third-order valence-corrected chi connectivity index (χ3v) is 3.32. The highest BCUT2D eigenvalue weighted by Gasteiger charge is 2.17. The Labute approximate surface area is 119 Å². The number of ether oxygens (including phenoxy) is 1. The second kappa shape index (κ2) is 7.61. The van der Waals surface area contributed by atoms with E-state index < -0.39 is 16.9 Å². The summed E-state index contributed by atoms with van der Waals surface area (Å²) in [5.41, 5.74) is 5.78. The number of hydrogen-bond donors (Lipinski definition) is 1. The van der Waals surface area contributed by atoms with Crippen LogP contribution in [0.3, 0.4) is 0 Å². The van der Waals surface area contributed by atoms with Crippen LogP contribution in [0.2, 0.25) is 0 Å². The molecular weight excluding hydrogens is 284 g/mol. The average molecular weight is 298 g/mol. The average Bonchev–Trinajstić information content (AvgIpc) is 2.44. The molecule has 0 aliphatic carbocycles. The molecule has 0 spiro atoms. The van der Waals surface area contributed by atoms with E-state index >= 15 is 0 Å². The van der Waals surface area contributed by atoms with Crippen molar-refractivity contribution in [3.8, 4) is 0 Å². The van der Waals surface area contributed by atoms with E-state index in [4.69, 9.17) is 10.5 Å². The molecule has 8 heteroatoms. The maximum absolute atomic E-state index is 11.8. The van der Waals surface area contributed by atoms with Crippen LogP contribution in [-0.4, -0.2) is 34.4 Å². The van der Waals surface area contributed by atoms with Gasteiger partial charge in [0, 0.05) is 23.4 Å². The molecule has 0 aliphatic heterocycles. The highest BCUT2D eigenvalue weighted by Crippen LogP contribution is 2.17. The fourth-order valence-electron chi connectivity index (χ4n) is 1.29. The summed E-state index contributed by atoms with van der Waals surface area (Å²) < 4.78 is 4.72. The summed E-state index contributed by atoms with van der Waals surface area (Å²) in [4.78, 5) is 33.0. The second-order valence-electron chi connectivity index (χ2n) is 3.76. The molecule has 1 atom stereocenters. The van der Waals surface area contributed by atoms with Crippen LogP contribution in [-0.2, 0) is 9.53 Å².